The molecule has 0 amide bonds. The predicted octanol–water partition coefficient (Wildman–Crippen LogP) is 3.11. The highest BCUT2D eigenvalue weighted by molar-refractivity contribution is 8.00. The zero-order valence-corrected chi connectivity index (χ0v) is 9.74. The van der Waals surface area contributed by atoms with Crippen LogP contribution in [0.3, 0.4) is 0 Å². The summed E-state index contributed by atoms with van der Waals surface area (Å²) in [4.78, 5) is 0. The molecule has 0 spiro atoms. The van der Waals surface area contributed by atoms with Crippen molar-refractivity contribution in [2.75, 3.05) is 12.3 Å². The first-order valence-electron chi connectivity index (χ1n) is 4.87. The Kier molecular flexibility index (Phi) is 3.37. The van der Waals surface area contributed by atoms with Crippen LogP contribution in [0.4, 0.5) is 0 Å². The molecule has 1 N–H and O–H groups in total. The van der Waals surface area contributed by atoms with Crippen molar-refractivity contribution < 1.29 is 0 Å². The molecular formula is C11H14ClNS. The molecule has 1 heterocycles. The van der Waals surface area contributed by atoms with Crippen LogP contribution in [0.1, 0.15) is 18.5 Å². The minimum atomic E-state index is 0.421. The van der Waals surface area contributed by atoms with Gasteiger partial charge in [-0.2, -0.15) is 11.8 Å². The topological polar surface area (TPSA) is 12.0 Å². The van der Waals surface area contributed by atoms with Gasteiger partial charge in [-0.1, -0.05) is 36.7 Å². The lowest BCUT2D eigenvalue weighted by atomic mass is 10.1. The minimum absolute atomic E-state index is 0.421. The maximum absolute atomic E-state index is 6.14. The predicted molar refractivity (Wildman–Crippen MR) is 64.1 cm³/mol. The van der Waals surface area contributed by atoms with Gasteiger partial charge in [0.25, 0.3) is 0 Å². The second-order valence-corrected chi connectivity index (χ2v) is 5.50. The molecule has 0 radical (unpaired) electrons. The molecule has 2 rings (SSSR count). The van der Waals surface area contributed by atoms with Gasteiger partial charge in [0.05, 0.1) is 0 Å². The molecule has 0 bridgehead atoms. The van der Waals surface area contributed by atoms with E-state index >= 15 is 0 Å². The molecule has 2 unspecified atom stereocenters. The second kappa shape index (κ2) is 4.56. The summed E-state index contributed by atoms with van der Waals surface area (Å²) < 4.78 is 0. The average molecular weight is 228 g/mol. The van der Waals surface area contributed by atoms with Crippen molar-refractivity contribution >= 4 is 23.4 Å². The largest absolute Gasteiger partial charge is 0.308 e. The van der Waals surface area contributed by atoms with Gasteiger partial charge in [-0.25, -0.2) is 0 Å². The van der Waals surface area contributed by atoms with E-state index in [1.54, 1.807) is 0 Å². The SMILES string of the molecule is CC1CNC(c2ccccc2Cl)CS1. The van der Waals surface area contributed by atoms with E-state index in [0.717, 1.165) is 17.3 Å². The Bertz CT molecular complexity index is 308. The third kappa shape index (κ3) is 2.25. The van der Waals surface area contributed by atoms with Gasteiger partial charge < -0.3 is 5.32 Å². The van der Waals surface area contributed by atoms with Gasteiger partial charge in [0.2, 0.25) is 0 Å². The van der Waals surface area contributed by atoms with Gasteiger partial charge in [0, 0.05) is 28.6 Å². The van der Waals surface area contributed by atoms with Crippen LogP contribution in [-0.2, 0) is 0 Å². The zero-order chi connectivity index (χ0) is 9.97. The van der Waals surface area contributed by atoms with Crippen LogP contribution in [0.25, 0.3) is 0 Å². The molecule has 1 aromatic rings. The summed E-state index contributed by atoms with van der Waals surface area (Å²) in [5.74, 6) is 1.12. The van der Waals surface area contributed by atoms with E-state index in [-0.39, 0.29) is 0 Å². The smallest absolute Gasteiger partial charge is 0.0454 e. The maximum atomic E-state index is 6.14. The molecule has 1 aliphatic heterocycles. The fourth-order valence-electron chi connectivity index (χ4n) is 1.64. The van der Waals surface area contributed by atoms with Gasteiger partial charge in [0.15, 0.2) is 0 Å². The lowest BCUT2D eigenvalue weighted by molar-refractivity contribution is 0.564. The molecule has 1 aliphatic rings. The van der Waals surface area contributed by atoms with Gasteiger partial charge in [0.1, 0.15) is 0 Å². The number of hydrogen-bond donors (Lipinski definition) is 1. The quantitative estimate of drug-likeness (QED) is 0.792. The molecule has 1 fully saturated rings. The van der Waals surface area contributed by atoms with E-state index in [9.17, 15) is 0 Å². The molecule has 1 aromatic carbocycles. The normalized spacial score (nSPS) is 27.6. The van der Waals surface area contributed by atoms with Crippen molar-refractivity contribution in [3.05, 3.63) is 34.9 Å². The first kappa shape index (κ1) is 10.3. The summed E-state index contributed by atoms with van der Waals surface area (Å²) in [6.07, 6.45) is 0. The van der Waals surface area contributed by atoms with Gasteiger partial charge in [-0.15, -0.1) is 0 Å². The van der Waals surface area contributed by atoms with Crippen molar-refractivity contribution in [2.24, 2.45) is 0 Å². The van der Waals surface area contributed by atoms with Crippen molar-refractivity contribution in [1.29, 1.82) is 0 Å². The third-order valence-electron chi connectivity index (χ3n) is 2.48. The molecule has 14 heavy (non-hydrogen) atoms. The second-order valence-electron chi connectivity index (χ2n) is 3.63. The Labute approximate surface area is 94.2 Å². The van der Waals surface area contributed by atoms with E-state index in [1.165, 1.54) is 5.56 Å². The van der Waals surface area contributed by atoms with E-state index in [0.29, 0.717) is 11.3 Å². The van der Waals surface area contributed by atoms with Crippen LogP contribution >= 0.6 is 23.4 Å². The van der Waals surface area contributed by atoms with Gasteiger partial charge in [-0.05, 0) is 11.6 Å². The highest BCUT2D eigenvalue weighted by atomic mass is 35.5. The van der Waals surface area contributed by atoms with E-state index in [4.69, 9.17) is 11.6 Å². The fraction of sp³-hybridized carbons (Fsp3) is 0.455. The highest BCUT2D eigenvalue weighted by Crippen LogP contribution is 2.29. The molecule has 76 valence electrons. The zero-order valence-electron chi connectivity index (χ0n) is 8.16. The van der Waals surface area contributed by atoms with Crippen molar-refractivity contribution in [1.82, 2.24) is 5.32 Å². The molecule has 0 saturated carbocycles. The van der Waals surface area contributed by atoms with Crippen molar-refractivity contribution in [3.8, 4) is 0 Å². The summed E-state index contributed by atoms with van der Waals surface area (Å²) in [6.45, 7) is 3.32. The summed E-state index contributed by atoms with van der Waals surface area (Å²) in [6, 6.07) is 8.51. The summed E-state index contributed by atoms with van der Waals surface area (Å²) >= 11 is 8.15. The number of halogens is 1. The molecule has 0 aromatic heterocycles. The molecule has 1 saturated heterocycles. The average Bonchev–Trinajstić information content (AvgIpc) is 2.20. The monoisotopic (exact) mass is 227 g/mol. The number of hydrogen-bond acceptors (Lipinski definition) is 2. The first-order valence-corrected chi connectivity index (χ1v) is 6.29. The van der Waals surface area contributed by atoms with Crippen LogP contribution in [0, 0.1) is 0 Å². The van der Waals surface area contributed by atoms with Gasteiger partial charge in [-0.3, -0.25) is 0 Å². The summed E-state index contributed by atoms with van der Waals surface area (Å²) in [7, 11) is 0. The summed E-state index contributed by atoms with van der Waals surface area (Å²) in [5, 5.41) is 5.11. The Morgan fingerprint density at radius 1 is 1.43 bits per heavy atom. The van der Waals surface area contributed by atoms with Crippen LogP contribution in [-0.4, -0.2) is 17.5 Å². The third-order valence-corrected chi connectivity index (χ3v) is 4.09. The highest BCUT2D eigenvalue weighted by Gasteiger charge is 2.20. The number of benzene rings is 1. The van der Waals surface area contributed by atoms with E-state index < -0.39 is 0 Å². The van der Waals surface area contributed by atoms with Crippen LogP contribution in [0.5, 0.6) is 0 Å². The Balaban J connectivity index is 2.12. The van der Waals surface area contributed by atoms with Crippen molar-refractivity contribution in [2.45, 2.75) is 18.2 Å². The number of thioether (sulfide) groups is 1. The number of nitrogens with one attached hydrogen (secondary N) is 1. The number of rotatable bonds is 1. The standard InChI is InChI=1S/C11H14ClNS/c1-8-6-13-11(7-14-8)9-4-2-3-5-10(9)12/h2-5,8,11,13H,6-7H2,1H3. The maximum Gasteiger partial charge on any atom is 0.0454 e. The molecular weight excluding hydrogens is 214 g/mol. The molecule has 3 heteroatoms. The van der Waals surface area contributed by atoms with Crippen LogP contribution in [0.15, 0.2) is 24.3 Å². The lowest BCUT2D eigenvalue weighted by Gasteiger charge is -2.28. The van der Waals surface area contributed by atoms with Gasteiger partial charge >= 0.3 is 0 Å². The molecule has 2 atom stereocenters. The van der Waals surface area contributed by atoms with E-state index in [1.807, 2.05) is 30.0 Å². The molecule has 1 nitrogen and oxygen atoms in total. The Morgan fingerprint density at radius 3 is 2.86 bits per heavy atom. The van der Waals surface area contributed by atoms with Crippen LogP contribution in [0.2, 0.25) is 5.02 Å². The molecule has 0 aliphatic carbocycles. The van der Waals surface area contributed by atoms with Crippen molar-refractivity contribution in [3.63, 3.8) is 0 Å². The minimum Gasteiger partial charge on any atom is -0.308 e. The fourth-order valence-corrected chi connectivity index (χ4v) is 2.94. The Hall–Kier alpha value is -0.180. The lowest BCUT2D eigenvalue weighted by Crippen LogP contribution is -2.34. The Morgan fingerprint density at radius 2 is 2.21 bits per heavy atom. The van der Waals surface area contributed by atoms with E-state index in [2.05, 4.69) is 18.3 Å². The van der Waals surface area contributed by atoms with Crippen LogP contribution < -0.4 is 5.32 Å². The summed E-state index contributed by atoms with van der Waals surface area (Å²) in [5.41, 5.74) is 1.23. The first-order chi connectivity index (χ1) is 6.77.